The standard InChI is InChI=1S/C18H28O/c1-13-10-14(2)17(15(3)11-13)12-18(19)16-8-6-4-5-7-9-16/h10-11,16,18-19H,4-9,12H2,1-3H3. The second-order valence-corrected chi connectivity index (χ2v) is 6.40. The van der Waals surface area contributed by atoms with Crippen molar-refractivity contribution in [3.05, 3.63) is 34.4 Å². The van der Waals surface area contributed by atoms with Crippen molar-refractivity contribution in [1.29, 1.82) is 0 Å². The predicted molar refractivity (Wildman–Crippen MR) is 81.6 cm³/mol. The fourth-order valence-electron chi connectivity index (χ4n) is 3.60. The molecule has 1 aromatic carbocycles. The van der Waals surface area contributed by atoms with E-state index in [2.05, 4.69) is 32.9 Å². The highest BCUT2D eigenvalue weighted by Crippen LogP contribution is 2.28. The molecule has 1 nitrogen and oxygen atoms in total. The first-order chi connectivity index (χ1) is 9.08. The van der Waals surface area contributed by atoms with Gasteiger partial charge in [-0.2, -0.15) is 0 Å². The lowest BCUT2D eigenvalue weighted by Gasteiger charge is -2.23. The smallest absolute Gasteiger partial charge is 0.0608 e. The van der Waals surface area contributed by atoms with Crippen LogP contribution in [0.5, 0.6) is 0 Å². The second kappa shape index (κ2) is 6.56. The molecule has 0 aliphatic heterocycles. The number of aliphatic hydroxyl groups is 1. The summed E-state index contributed by atoms with van der Waals surface area (Å²) in [5.41, 5.74) is 5.36. The van der Waals surface area contributed by atoms with Crippen LogP contribution in [-0.4, -0.2) is 11.2 Å². The fourth-order valence-corrected chi connectivity index (χ4v) is 3.60. The van der Waals surface area contributed by atoms with E-state index >= 15 is 0 Å². The molecule has 1 aromatic rings. The largest absolute Gasteiger partial charge is 0.392 e. The first-order valence-electron chi connectivity index (χ1n) is 7.82. The Morgan fingerprint density at radius 2 is 1.53 bits per heavy atom. The maximum absolute atomic E-state index is 10.6. The molecule has 1 saturated carbocycles. The lowest BCUT2D eigenvalue weighted by molar-refractivity contribution is 0.0983. The van der Waals surface area contributed by atoms with E-state index in [1.54, 1.807) is 0 Å². The van der Waals surface area contributed by atoms with Crippen molar-refractivity contribution >= 4 is 0 Å². The van der Waals surface area contributed by atoms with Crippen LogP contribution in [0.3, 0.4) is 0 Å². The molecule has 106 valence electrons. The van der Waals surface area contributed by atoms with Gasteiger partial charge in [0.1, 0.15) is 0 Å². The van der Waals surface area contributed by atoms with E-state index in [-0.39, 0.29) is 6.10 Å². The van der Waals surface area contributed by atoms with Crippen molar-refractivity contribution in [1.82, 2.24) is 0 Å². The van der Waals surface area contributed by atoms with Gasteiger partial charge in [0.25, 0.3) is 0 Å². The van der Waals surface area contributed by atoms with E-state index in [4.69, 9.17) is 0 Å². The molecule has 1 aliphatic carbocycles. The number of aliphatic hydroxyl groups excluding tert-OH is 1. The van der Waals surface area contributed by atoms with Crippen LogP contribution < -0.4 is 0 Å². The zero-order valence-electron chi connectivity index (χ0n) is 12.7. The van der Waals surface area contributed by atoms with Crippen LogP contribution in [0.4, 0.5) is 0 Å². The first kappa shape index (κ1) is 14.6. The van der Waals surface area contributed by atoms with Crippen molar-refractivity contribution < 1.29 is 5.11 Å². The molecule has 1 heteroatoms. The Morgan fingerprint density at radius 1 is 1.00 bits per heavy atom. The molecule has 1 unspecified atom stereocenters. The maximum Gasteiger partial charge on any atom is 0.0608 e. The van der Waals surface area contributed by atoms with E-state index in [1.807, 2.05) is 0 Å². The van der Waals surface area contributed by atoms with Gasteiger partial charge < -0.3 is 5.11 Å². The third kappa shape index (κ3) is 3.82. The van der Waals surface area contributed by atoms with Crippen molar-refractivity contribution in [3.8, 4) is 0 Å². The van der Waals surface area contributed by atoms with E-state index < -0.39 is 0 Å². The molecule has 0 saturated heterocycles. The average Bonchev–Trinajstić information content (AvgIpc) is 2.62. The van der Waals surface area contributed by atoms with Crippen LogP contribution in [0.25, 0.3) is 0 Å². The summed E-state index contributed by atoms with van der Waals surface area (Å²) in [5, 5.41) is 10.6. The van der Waals surface area contributed by atoms with Gasteiger partial charge in [0.15, 0.2) is 0 Å². The number of hydrogen-bond donors (Lipinski definition) is 1. The van der Waals surface area contributed by atoms with Gasteiger partial charge in [0.05, 0.1) is 6.10 Å². The molecule has 0 spiro atoms. The normalized spacial score (nSPS) is 19.2. The Morgan fingerprint density at radius 3 is 2.05 bits per heavy atom. The Bertz CT molecular complexity index is 391. The minimum absolute atomic E-state index is 0.154. The van der Waals surface area contributed by atoms with Gasteiger partial charge in [-0.3, -0.25) is 0 Å². The number of benzene rings is 1. The number of rotatable bonds is 3. The average molecular weight is 260 g/mol. The van der Waals surface area contributed by atoms with Gasteiger partial charge in [0, 0.05) is 0 Å². The summed E-state index contributed by atoms with van der Waals surface area (Å²) >= 11 is 0. The summed E-state index contributed by atoms with van der Waals surface area (Å²) in [5.74, 6) is 0.516. The highest BCUT2D eigenvalue weighted by molar-refractivity contribution is 5.37. The molecule has 1 atom stereocenters. The van der Waals surface area contributed by atoms with Gasteiger partial charge in [-0.25, -0.2) is 0 Å². The molecular weight excluding hydrogens is 232 g/mol. The molecule has 19 heavy (non-hydrogen) atoms. The Hall–Kier alpha value is -0.820. The van der Waals surface area contributed by atoms with Crippen LogP contribution in [0, 0.1) is 26.7 Å². The molecule has 1 N–H and O–H groups in total. The van der Waals surface area contributed by atoms with Gasteiger partial charge in [-0.05, 0) is 62.6 Å². The third-order valence-electron chi connectivity index (χ3n) is 4.70. The fraction of sp³-hybridized carbons (Fsp3) is 0.667. The van der Waals surface area contributed by atoms with Crippen LogP contribution in [-0.2, 0) is 6.42 Å². The minimum atomic E-state index is -0.154. The lowest BCUT2D eigenvalue weighted by Crippen LogP contribution is -2.23. The van der Waals surface area contributed by atoms with Gasteiger partial charge in [-0.1, -0.05) is 43.4 Å². The summed E-state index contributed by atoms with van der Waals surface area (Å²) in [4.78, 5) is 0. The van der Waals surface area contributed by atoms with Crippen LogP contribution in [0.2, 0.25) is 0 Å². The SMILES string of the molecule is Cc1cc(C)c(CC(O)C2CCCCCC2)c(C)c1. The Labute approximate surface area is 118 Å². The molecular formula is C18H28O. The van der Waals surface area contributed by atoms with Gasteiger partial charge >= 0.3 is 0 Å². The maximum atomic E-state index is 10.6. The molecule has 0 heterocycles. The van der Waals surface area contributed by atoms with Crippen molar-refractivity contribution in [2.24, 2.45) is 5.92 Å². The highest BCUT2D eigenvalue weighted by Gasteiger charge is 2.22. The zero-order chi connectivity index (χ0) is 13.8. The molecule has 0 amide bonds. The second-order valence-electron chi connectivity index (χ2n) is 6.40. The third-order valence-corrected chi connectivity index (χ3v) is 4.70. The summed E-state index contributed by atoms with van der Waals surface area (Å²) in [6, 6.07) is 4.48. The molecule has 1 fully saturated rings. The van der Waals surface area contributed by atoms with E-state index in [1.165, 1.54) is 60.8 Å². The summed E-state index contributed by atoms with van der Waals surface area (Å²) in [6.07, 6.45) is 8.41. The quantitative estimate of drug-likeness (QED) is 0.794. The van der Waals surface area contributed by atoms with Crippen molar-refractivity contribution in [2.45, 2.75) is 71.8 Å². The topological polar surface area (TPSA) is 20.2 Å². The van der Waals surface area contributed by atoms with E-state index in [9.17, 15) is 5.11 Å². The zero-order valence-corrected chi connectivity index (χ0v) is 12.7. The number of aryl methyl sites for hydroxylation is 3. The summed E-state index contributed by atoms with van der Waals surface area (Å²) in [7, 11) is 0. The monoisotopic (exact) mass is 260 g/mol. The van der Waals surface area contributed by atoms with Crippen LogP contribution in [0.1, 0.15) is 60.8 Å². The summed E-state index contributed by atoms with van der Waals surface area (Å²) in [6.45, 7) is 6.50. The van der Waals surface area contributed by atoms with Crippen molar-refractivity contribution in [3.63, 3.8) is 0 Å². The first-order valence-corrected chi connectivity index (χ1v) is 7.82. The lowest BCUT2D eigenvalue weighted by atomic mass is 9.87. The number of hydrogen-bond acceptors (Lipinski definition) is 1. The van der Waals surface area contributed by atoms with Gasteiger partial charge in [-0.15, -0.1) is 0 Å². The van der Waals surface area contributed by atoms with Crippen molar-refractivity contribution in [2.75, 3.05) is 0 Å². The minimum Gasteiger partial charge on any atom is -0.392 e. The molecule has 1 aliphatic rings. The van der Waals surface area contributed by atoms with E-state index in [0.29, 0.717) is 5.92 Å². The predicted octanol–water partition coefficient (Wildman–Crippen LogP) is 4.49. The Kier molecular flexibility index (Phi) is 5.04. The van der Waals surface area contributed by atoms with E-state index in [0.717, 1.165) is 6.42 Å². The summed E-state index contributed by atoms with van der Waals surface area (Å²) < 4.78 is 0. The molecule has 2 rings (SSSR count). The Balaban J connectivity index is 2.07. The highest BCUT2D eigenvalue weighted by atomic mass is 16.3. The molecule has 0 radical (unpaired) electrons. The molecule has 0 bridgehead atoms. The van der Waals surface area contributed by atoms with Gasteiger partial charge in [0.2, 0.25) is 0 Å². The van der Waals surface area contributed by atoms with Crippen LogP contribution in [0.15, 0.2) is 12.1 Å². The molecule has 0 aromatic heterocycles. The van der Waals surface area contributed by atoms with Crippen LogP contribution >= 0.6 is 0 Å².